The Bertz CT molecular complexity index is 829. The number of benzene rings is 2. The molecule has 1 heterocycles. The molecule has 0 atom stereocenters. The minimum atomic E-state index is -0.235. The van der Waals surface area contributed by atoms with Crippen LogP contribution in [0.1, 0.15) is 6.92 Å². The van der Waals surface area contributed by atoms with Gasteiger partial charge in [-0.25, -0.2) is 9.78 Å². The first kappa shape index (κ1) is 14.6. The lowest BCUT2D eigenvalue weighted by atomic mass is 10.2. The van der Waals surface area contributed by atoms with E-state index in [2.05, 4.69) is 31.5 Å². The fourth-order valence-corrected chi connectivity index (χ4v) is 2.43. The normalized spacial score (nSPS) is 10.6. The molecular formula is C16H14BrN3O2. The molecule has 2 aromatic carbocycles. The summed E-state index contributed by atoms with van der Waals surface area (Å²) in [6.45, 7) is 2.44. The van der Waals surface area contributed by atoms with Crippen molar-refractivity contribution >= 4 is 38.7 Å². The summed E-state index contributed by atoms with van der Waals surface area (Å²) in [6.07, 6.45) is 0. The Morgan fingerprint density at radius 3 is 2.95 bits per heavy atom. The van der Waals surface area contributed by atoms with E-state index in [1.165, 1.54) is 0 Å². The Labute approximate surface area is 135 Å². The molecule has 3 aromatic rings. The standard InChI is InChI=1S/C16H14BrN3O2/c1-2-18-16(21)19-12-5-3-4-10(8-12)15-20-13-7-6-11(17)9-14(13)22-15/h3-9H,2H2,1H3,(H2,18,19,21). The van der Waals surface area contributed by atoms with Gasteiger partial charge in [0.1, 0.15) is 5.52 Å². The molecule has 0 fully saturated rings. The van der Waals surface area contributed by atoms with Crippen LogP contribution < -0.4 is 10.6 Å². The van der Waals surface area contributed by atoms with Crippen LogP contribution in [0.15, 0.2) is 51.4 Å². The van der Waals surface area contributed by atoms with E-state index >= 15 is 0 Å². The predicted molar refractivity (Wildman–Crippen MR) is 89.8 cm³/mol. The fourth-order valence-electron chi connectivity index (χ4n) is 2.09. The third-order valence-corrected chi connectivity index (χ3v) is 3.55. The number of nitrogens with zero attached hydrogens (tertiary/aromatic N) is 1. The first-order valence-corrected chi connectivity index (χ1v) is 7.66. The van der Waals surface area contributed by atoms with E-state index in [4.69, 9.17) is 4.42 Å². The number of carbonyl (C=O) groups is 1. The van der Waals surface area contributed by atoms with Crippen molar-refractivity contribution in [2.75, 3.05) is 11.9 Å². The lowest BCUT2D eigenvalue weighted by Gasteiger charge is -2.06. The number of rotatable bonds is 3. The van der Waals surface area contributed by atoms with Crippen molar-refractivity contribution in [1.82, 2.24) is 10.3 Å². The number of hydrogen-bond acceptors (Lipinski definition) is 3. The minimum Gasteiger partial charge on any atom is -0.436 e. The van der Waals surface area contributed by atoms with Crippen molar-refractivity contribution in [2.45, 2.75) is 6.92 Å². The summed E-state index contributed by atoms with van der Waals surface area (Å²) < 4.78 is 6.71. The quantitative estimate of drug-likeness (QED) is 0.728. The molecular weight excluding hydrogens is 346 g/mol. The van der Waals surface area contributed by atoms with Crippen LogP contribution in [0, 0.1) is 0 Å². The highest BCUT2D eigenvalue weighted by Crippen LogP contribution is 2.27. The summed E-state index contributed by atoms with van der Waals surface area (Å²) in [5.41, 5.74) is 3.00. The summed E-state index contributed by atoms with van der Waals surface area (Å²) in [5, 5.41) is 5.46. The number of urea groups is 1. The first-order valence-electron chi connectivity index (χ1n) is 6.87. The van der Waals surface area contributed by atoms with Crippen molar-refractivity contribution in [3.8, 4) is 11.5 Å². The Hall–Kier alpha value is -2.34. The molecule has 0 spiro atoms. The number of fused-ring (bicyclic) bond motifs is 1. The Balaban J connectivity index is 1.91. The van der Waals surface area contributed by atoms with Gasteiger partial charge >= 0.3 is 6.03 Å². The average Bonchev–Trinajstić information content (AvgIpc) is 2.90. The van der Waals surface area contributed by atoms with Crippen LogP contribution >= 0.6 is 15.9 Å². The molecule has 112 valence electrons. The summed E-state index contributed by atoms with van der Waals surface area (Å²) in [7, 11) is 0. The molecule has 6 heteroatoms. The zero-order valence-corrected chi connectivity index (χ0v) is 13.5. The number of halogens is 1. The van der Waals surface area contributed by atoms with E-state index in [0.717, 1.165) is 15.6 Å². The number of oxazole rings is 1. The number of nitrogens with one attached hydrogen (secondary N) is 2. The van der Waals surface area contributed by atoms with Crippen molar-refractivity contribution in [1.29, 1.82) is 0 Å². The second kappa shape index (κ2) is 6.19. The van der Waals surface area contributed by atoms with Crippen LogP contribution in [-0.4, -0.2) is 17.6 Å². The van der Waals surface area contributed by atoms with Gasteiger partial charge < -0.3 is 15.1 Å². The maximum absolute atomic E-state index is 11.6. The molecule has 2 amide bonds. The van der Waals surface area contributed by atoms with Gasteiger partial charge in [-0.05, 0) is 43.3 Å². The highest BCUT2D eigenvalue weighted by atomic mass is 79.9. The number of hydrogen-bond donors (Lipinski definition) is 2. The number of anilines is 1. The molecule has 0 aliphatic carbocycles. The fraction of sp³-hybridized carbons (Fsp3) is 0.125. The summed E-state index contributed by atoms with van der Waals surface area (Å²) in [6, 6.07) is 12.8. The van der Waals surface area contributed by atoms with Crippen molar-refractivity contribution in [3.63, 3.8) is 0 Å². The second-order valence-corrected chi connectivity index (χ2v) is 5.61. The van der Waals surface area contributed by atoms with Crippen LogP contribution in [0.3, 0.4) is 0 Å². The molecule has 1 aromatic heterocycles. The number of carbonyl (C=O) groups excluding carboxylic acids is 1. The lowest BCUT2D eigenvalue weighted by molar-refractivity contribution is 0.252. The van der Waals surface area contributed by atoms with E-state index in [0.29, 0.717) is 23.7 Å². The van der Waals surface area contributed by atoms with Crippen molar-refractivity contribution in [2.24, 2.45) is 0 Å². The first-order chi connectivity index (χ1) is 10.7. The number of aromatic nitrogens is 1. The maximum Gasteiger partial charge on any atom is 0.319 e. The van der Waals surface area contributed by atoms with Gasteiger partial charge in [-0.15, -0.1) is 0 Å². The van der Waals surface area contributed by atoms with Crippen molar-refractivity contribution < 1.29 is 9.21 Å². The molecule has 5 nitrogen and oxygen atoms in total. The van der Waals surface area contributed by atoms with E-state index in [9.17, 15) is 4.79 Å². The van der Waals surface area contributed by atoms with Gasteiger partial charge in [0.15, 0.2) is 5.58 Å². The van der Waals surface area contributed by atoms with Crippen LogP contribution in [0.25, 0.3) is 22.6 Å². The second-order valence-electron chi connectivity index (χ2n) is 4.70. The molecule has 0 bridgehead atoms. The average molecular weight is 360 g/mol. The molecule has 3 rings (SSSR count). The topological polar surface area (TPSA) is 67.2 Å². The minimum absolute atomic E-state index is 0.235. The van der Waals surface area contributed by atoms with Gasteiger partial charge in [0.25, 0.3) is 0 Å². The zero-order valence-electron chi connectivity index (χ0n) is 11.9. The molecule has 22 heavy (non-hydrogen) atoms. The molecule has 0 saturated carbocycles. The largest absolute Gasteiger partial charge is 0.436 e. The van der Waals surface area contributed by atoms with Gasteiger partial charge in [-0.1, -0.05) is 22.0 Å². The Morgan fingerprint density at radius 2 is 2.14 bits per heavy atom. The summed E-state index contributed by atoms with van der Waals surface area (Å²) >= 11 is 3.41. The molecule has 0 aliphatic rings. The van der Waals surface area contributed by atoms with Crippen LogP contribution in [0.2, 0.25) is 0 Å². The third-order valence-electron chi connectivity index (χ3n) is 3.06. The van der Waals surface area contributed by atoms with E-state index < -0.39 is 0 Å². The highest BCUT2D eigenvalue weighted by Gasteiger charge is 2.09. The molecule has 2 N–H and O–H groups in total. The van der Waals surface area contributed by atoms with Gasteiger partial charge in [0.2, 0.25) is 5.89 Å². The monoisotopic (exact) mass is 359 g/mol. The third kappa shape index (κ3) is 3.12. The maximum atomic E-state index is 11.6. The predicted octanol–water partition coefficient (Wildman–Crippen LogP) is 4.40. The van der Waals surface area contributed by atoms with Gasteiger partial charge in [0.05, 0.1) is 0 Å². The van der Waals surface area contributed by atoms with Crippen LogP contribution in [0.4, 0.5) is 10.5 Å². The lowest BCUT2D eigenvalue weighted by Crippen LogP contribution is -2.28. The summed E-state index contributed by atoms with van der Waals surface area (Å²) in [4.78, 5) is 16.0. The number of amides is 2. The molecule has 0 saturated heterocycles. The smallest absolute Gasteiger partial charge is 0.319 e. The van der Waals surface area contributed by atoms with Gasteiger partial charge in [0, 0.05) is 22.3 Å². The van der Waals surface area contributed by atoms with Crippen LogP contribution in [0.5, 0.6) is 0 Å². The van der Waals surface area contributed by atoms with Crippen molar-refractivity contribution in [3.05, 3.63) is 46.9 Å². The highest BCUT2D eigenvalue weighted by molar-refractivity contribution is 9.10. The van der Waals surface area contributed by atoms with E-state index in [1.54, 1.807) is 0 Å². The zero-order chi connectivity index (χ0) is 15.5. The Kier molecular flexibility index (Phi) is 4.11. The SMILES string of the molecule is CCNC(=O)Nc1cccc(-c2nc3ccc(Br)cc3o2)c1. The van der Waals surface area contributed by atoms with Gasteiger partial charge in [-0.2, -0.15) is 0 Å². The summed E-state index contributed by atoms with van der Waals surface area (Å²) in [5.74, 6) is 0.521. The van der Waals surface area contributed by atoms with Gasteiger partial charge in [-0.3, -0.25) is 0 Å². The Morgan fingerprint density at radius 1 is 1.27 bits per heavy atom. The van der Waals surface area contributed by atoms with Crippen LogP contribution in [-0.2, 0) is 0 Å². The molecule has 0 aliphatic heterocycles. The van der Waals surface area contributed by atoms with E-state index in [1.807, 2.05) is 49.4 Å². The molecule has 0 radical (unpaired) electrons. The van der Waals surface area contributed by atoms with E-state index in [-0.39, 0.29) is 6.03 Å². The molecule has 0 unspecified atom stereocenters.